The highest BCUT2D eigenvalue weighted by molar-refractivity contribution is 5.85. The number of carboxylic acid groups (broad SMARTS) is 1. The van der Waals surface area contributed by atoms with E-state index in [2.05, 4.69) is 6.92 Å². The van der Waals surface area contributed by atoms with Gasteiger partial charge in [-0.25, -0.2) is 4.79 Å². The van der Waals surface area contributed by atoms with Crippen LogP contribution in [-0.2, 0) is 38.0 Å². The van der Waals surface area contributed by atoms with Crippen molar-refractivity contribution in [2.45, 2.75) is 145 Å². The van der Waals surface area contributed by atoms with E-state index in [1.807, 2.05) is 0 Å². The molecule has 7 N–H and O–H groups in total. The summed E-state index contributed by atoms with van der Waals surface area (Å²) in [6.07, 6.45) is -6.43. The molecule has 0 radical (unpaired) electrons. The van der Waals surface area contributed by atoms with Crippen LogP contribution in [0.25, 0.3) is 0 Å². The maximum absolute atomic E-state index is 13.4. The van der Waals surface area contributed by atoms with Crippen LogP contribution in [0, 0.1) is 34.5 Å². The lowest BCUT2D eigenvalue weighted by Crippen LogP contribution is -2.65. The SMILES string of the molecule is CO[C@@H]1[C@@H](O)[C@@H](O[C@H]2CC[C@@]3(C(=O)O)[C@H](CC[C@@H]4[C@@H]3CC[C@]3(C)[C@@H](C5=CC(=O)OC5)CC[C@]43O)C2)O[C@H](C)[C@H]1O[C@@H]1O[C@H](CO)[C@@H](O)[C@H](O)[C@H]1O. The molecule has 0 aromatic rings. The van der Waals surface area contributed by atoms with E-state index in [4.69, 9.17) is 28.4 Å². The maximum atomic E-state index is 13.4. The van der Waals surface area contributed by atoms with Gasteiger partial charge in [0.25, 0.3) is 0 Å². The highest BCUT2D eigenvalue weighted by atomic mass is 16.7. The number of aliphatic hydroxyl groups is 6. The van der Waals surface area contributed by atoms with E-state index < -0.39 is 96.5 Å². The average Bonchev–Trinajstić information content (AvgIpc) is 3.65. The van der Waals surface area contributed by atoms with Gasteiger partial charge in [-0.3, -0.25) is 4.79 Å². The van der Waals surface area contributed by atoms with E-state index in [1.165, 1.54) is 7.11 Å². The van der Waals surface area contributed by atoms with Crippen LogP contribution in [0.3, 0.4) is 0 Å². The Hall–Kier alpha value is -1.76. The molecule has 0 spiro atoms. The molecule has 3 aliphatic heterocycles. The predicted molar refractivity (Wildman–Crippen MR) is 172 cm³/mol. The van der Waals surface area contributed by atoms with E-state index in [0.29, 0.717) is 51.4 Å². The van der Waals surface area contributed by atoms with Gasteiger partial charge in [0.2, 0.25) is 0 Å². The molecule has 0 aromatic carbocycles. The second-order valence-electron chi connectivity index (χ2n) is 16.4. The number of methoxy groups -OCH3 is 1. The summed E-state index contributed by atoms with van der Waals surface area (Å²) in [5, 5.41) is 75.3. The van der Waals surface area contributed by atoms with Crippen molar-refractivity contribution in [3.05, 3.63) is 11.6 Å². The summed E-state index contributed by atoms with van der Waals surface area (Å²) in [6, 6.07) is 0. The number of aliphatic hydroxyl groups excluding tert-OH is 5. The van der Waals surface area contributed by atoms with Crippen LogP contribution >= 0.6 is 0 Å². The monoisotopic (exact) mass is 726 g/mol. The first-order valence-corrected chi connectivity index (χ1v) is 18.5. The van der Waals surface area contributed by atoms with E-state index in [-0.39, 0.29) is 36.2 Å². The minimum absolute atomic E-state index is 0.0139. The summed E-state index contributed by atoms with van der Waals surface area (Å²) in [4.78, 5) is 25.3. The van der Waals surface area contributed by atoms with Crippen LogP contribution in [0.15, 0.2) is 11.6 Å². The number of fused-ring (bicyclic) bond motifs is 5. The van der Waals surface area contributed by atoms with Crippen LogP contribution < -0.4 is 0 Å². The molecule has 51 heavy (non-hydrogen) atoms. The first-order chi connectivity index (χ1) is 24.2. The van der Waals surface area contributed by atoms with Crippen LogP contribution in [0.2, 0.25) is 0 Å². The zero-order valence-electron chi connectivity index (χ0n) is 29.4. The number of carbonyl (C=O) groups excluding carboxylic acids is 1. The van der Waals surface area contributed by atoms with Crippen molar-refractivity contribution >= 4 is 11.9 Å². The summed E-state index contributed by atoms with van der Waals surface area (Å²) in [6.45, 7) is 3.40. The fourth-order valence-corrected chi connectivity index (χ4v) is 11.6. The van der Waals surface area contributed by atoms with Crippen molar-refractivity contribution in [2.24, 2.45) is 34.5 Å². The Morgan fingerprint density at radius 1 is 0.902 bits per heavy atom. The van der Waals surface area contributed by atoms with E-state index >= 15 is 0 Å². The van der Waals surface area contributed by atoms with Crippen LogP contribution in [0.1, 0.15) is 71.6 Å². The Balaban J connectivity index is 1.03. The zero-order valence-corrected chi connectivity index (χ0v) is 29.4. The van der Waals surface area contributed by atoms with Crippen LogP contribution in [0.4, 0.5) is 0 Å². The van der Waals surface area contributed by atoms with Gasteiger partial charge in [0.05, 0.1) is 29.8 Å². The van der Waals surface area contributed by atoms with Gasteiger partial charge in [-0.2, -0.15) is 0 Å². The lowest BCUT2D eigenvalue weighted by atomic mass is 9.42. The van der Waals surface area contributed by atoms with Crippen molar-refractivity contribution < 1.29 is 73.8 Å². The summed E-state index contributed by atoms with van der Waals surface area (Å²) >= 11 is 0. The molecule has 7 aliphatic rings. The van der Waals surface area contributed by atoms with Gasteiger partial charge in [0, 0.05) is 18.6 Å². The fraction of sp³-hybridized carbons (Fsp3) is 0.889. The standard InChI is InChI=1S/C36H54O15/c1-16-29(51-31-27(41)26(40)25(39)23(14-37)50-31)30(46-3)28(42)32(48-16)49-19-6-10-35(33(43)44)18(13-19)4-5-22-21(35)7-9-34(2)20(8-11-36(22,34)45)17-12-24(38)47-15-17/h12,16,18-23,25-32,37,39-42,45H,4-11,13-15H2,1-3H3,(H,43,44)/t16-,18-,19+,20-,21+,22-,23-,25-,26+,27-,28-,29-,30-,31+,32-,34-,35-,36+/m1/s1. The molecule has 2 saturated heterocycles. The minimum atomic E-state index is -1.65. The fourth-order valence-electron chi connectivity index (χ4n) is 11.6. The molecule has 7 rings (SSSR count). The molecule has 15 nitrogen and oxygen atoms in total. The van der Waals surface area contributed by atoms with Gasteiger partial charge in [-0.15, -0.1) is 0 Å². The van der Waals surface area contributed by atoms with Gasteiger partial charge in [-0.05, 0) is 94.0 Å². The highest BCUT2D eigenvalue weighted by Gasteiger charge is 2.70. The van der Waals surface area contributed by atoms with Gasteiger partial charge in [0.15, 0.2) is 12.6 Å². The van der Waals surface area contributed by atoms with Crippen molar-refractivity contribution in [2.75, 3.05) is 20.3 Å². The Labute approximate surface area is 296 Å². The lowest BCUT2D eigenvalue weighted by Gasteiger charge is -2.63. The van der Waals surface area contributed by atoms with Gasteiger partial charge >= 0.3 is 11.9 Å². The van der Waals surface area contributed by atoms with Gasteiger partial charge in [0.1, 0.15) is 49.3 Å². The second-order valence-corrected chi connectivity index (χ2v) is 16.4. The molecule has 18 atom stereocenters. The Kier molecular flexibility index (Phi) is 10.2. The summed E-state index contributed by atoms with van der Waals surface area (Å²) in [5.41, 5.74) is -1.62. The van der Waals surface area contributed by atoms with Crippen molar-refractivity contribution in [1.82, 2.24) is 0 Å². The van der Waals surface area contributed by atoms with Gasteiger partial charge in [-0.1, -0.05) is 6.92 Å². The molecular weight excluding hydrogens is 672 g/mol. The first kappa shape index (κ1) is 37.6. The van der Waals surface area contributed by atoms with E-state index in [9.17, 15) is 45.3 Å². The molecule has 4 saturated carbocycles. The predicted octanol–water partition coefficient (Wildman–Crippen LogP) is -0.000900. The molecule has 3 heterocycles. The number of esters is 1. The molecule has 0 bridgehead atoms. The maximum Gasteiger partial charge on any atom is 0.331 e. The van der Waals surface area contributed by atoms with Crippen LogP contribution in [-0.4, -0.2) is 141 Å². The number of hydrogen-bond donors (Lipinski definition) is 7. The smallest absolute Gasteiger partial charge is 0.331 e. The topological polar surface area (TPSA) is 231 Å². The Bertz CT molecular complexity index is 1360. The Morgan fingerprint density at radius 2 is 1.65 bits per heavy atom. The molecule has 15 heteroatoms. The third kappa shape index (κ3) is 5.81. The number of carboxylic acids is 1. The zero-order chi connectivity index (χ0) is 36.6. The largest absolute Gasteiger partial charge is 0.481 e. The molecule has 6 fully saturated rings. The average molecular weight is 727 g/mol. The quantitative estimate of drug-likeness (QED) is 0.129. The first-order valence-electron chi connectivity index (χ1n) is 18.5. The summed E-state index contributed by atoms with van der Waals surface area (Å²) in [7, 11) is 1.38. The third-order valence-electron chi connectivity index (χ3n) is 14.3. The van der Waals surface area contributed by atoms with E-state index in [1.54, 1.807) is 13.0 Å². The van der Waals surface area contributed by atoms with Crippen molar-refractivity contribution in [1.29, 1.82) is 0 Å². The van der Waals surface area contributed by atoms with E-state index in [0.717, 1.165) is 12.0 Å². The number of ether oxygens (including phenoxy) is 6. The lowest BCUT2D eigenvalue weighted by molar-refractivity contribution is -0.362. The van der Waals surface area contributed by atoms with Crippen molar-refractivity contribution in [3.63, 3.8) is 0 Å². The summed E-state index contributed by atoms with van der Waals surface area (Å²) in [5.74, 6) is -1.77. The summed E-state index contributed by atoms with van der Waals surface area (Å²) < 4.78 is 34.7. The van der Waals surface area contributed by atoms with Crippen LogP contribution in [0.5, 0.6) is 0 Å². The molecule has 0 aromatic heterocycles. The number of cyclic esters (lactones) is 1. The molecule has 0 amide bonds. The van der Waals surface area contributed by atoms with Gasteiger partial charge < -0.3 is 64.2 Å². The molecule has 288 valence electrons. The number of hydrogen-bond acceptors (Lipinski definition) is 14. The third-order valence-corrected chi connectivity index (χ3v) is 14.3. The highest BCUT2D eigenvalue weighted by Crippen LogP contribution is 2.70. The Morgan fingerprint density at radius 3 is 2.31 bits per heavy atom. The molecule has 4 aliphatic carbocycles. The minimum Gasteiger partial charge on any atom is -0.481 e. The number of aliphatic carboxylic acids is 1. The van der Waals surface area contributed by atoms with Crippen molar-refractivity contribution in [3.8, 4) is 0 Å². The number of carbonyl (C=O) groups is 2. The normalized spacial score (nSPS) is 52.7. The number of rotatable bonds is 8. The second kappa shape index (κ2) is 13.8. The molecular formula is C36H54O15. The molecule has 0 unspecified atom stereocenters.